The standard InChI is InChI=1S/C20H22F2N4O.ClH/c21-16-3-1-2-13(19(16)22)12-26-14-4-5-18(26)15-11-23-20(24-17(15)10-14)25-6-8-27-9-7-25;/h1-3,11,14,18H,4-10,12H2;1H. The molecule has 0 amide bonds. The molecule has 2 bridgehead atoms. The molecule has 2 fully saturated rings. The Morgan fingerprint density at radius 3 is 2.79 bits per heavy atom. The van der Waals surface area contributed by atoms with Gasteiger partial charge in [-0.15, -0.1) is 12.4 Å². The van der Waals surface area contributed by atoms with Crippen LogP contribution in [0.1, 0.15) is 35.7 Å². The predicted octanol–water partition coefficient (Wildman–Crippen LogP) is 3.28. The maximum absolute atomic E-state index is 14.1. The SMILES string of the molecule is Cl.Fc1cccc(CN2C3CCC2c2cnc(N4CCOCC4)nc2C3)c1F. The van der Waals surface area contributed by atoms with Gasteiger partial charge in [-0.3, -0.25) is 4.90 Å². The lowest BCUT2D eigenvalue weighted by atomic mass is 9.98. The number of morpholine rings is 1. The molecular formula is C20H23ClF2N4O. The van der Waals surface area contributed by atoms with E-state index in [2.05, 4.69) is 14.8 Å². The van der Waals surface area contributed by atoms with E-state index >= 15 is 0 Å². The summed E-state index contributed by atoms with van der Waals surface area (Å²) in [4.78, 5) is 13.9. The van der Waals surface area contributed by atoms with Crippen LogP contribution in [0.2, 0.25) is 0 Å². The van der Waals surface area contributed by atoms with Gasteiger partial charge in [-0.1, -0.05) is 12.1 Å². The van der Waals surface area contributed by atoms with Gasteiger partial charge in [-0.05, 0) is 18.9 Å². The second-order valence-corrected chi connectivity index (χ2v) is 7.51. The minimum absolute atomic E-state index is 0. The molecule has 0 N–H and O–H groups in total. The van der Waals surface area contributed by atoms with E-state index in [9.17, 15) is 8.78 Å². The van der Waals surface area contributed by atoms with Crippen LogP contribution in [0.25, 0.3) is 0 Å². The number of anilines is 1. The van der Waals surface area contributed by atoms with Crippen LogP contribution in [-0.2, 0) is 17.7 Å². The molecule has 5 nitrogen and oxygen atoms in total. The Bertz CT molecular complexity index is 862. The van der Waals surface area contributed by atoms with Gasteiger partial charge in [0.25, 0.3) is 0 Å². The van der Waals surface area contributed by atoms with Crippen molar-refractivity contribution in [1.82, 2.24) is 14.9 Å². The van der Waals surface area contributed by atoms with E-state index in [1.165, 1.54) is 6.07 Å². The Labute approximate surface area is 169 Å². The van der Waals surface area contributed by atoms with Crippen LogP contribution < -0.4 is 4.90 Å². The maximum atomic E-state index is 14.1. The summed E-state index contributed by atoms with van der Waals surface area (Å²) < 4.78 is 33.1. The molecule has 0 spiro atoms. The van der Waals surface area contributed by atoms with Crippen molar-refractivity contribution in [3.8, 4) is 0 Å². The van der Waals surface area contributed by atoms with Crippen LogP contribution in [0.3, 0.4) is 0 Å². The molecule has 2 atom stereocenters. The van der Waals surface area contributed by atoms with Gasteiger partial charge in [0, 0.05) is 55.5 Å². The van der Waals surface area contributed by atoms with Crippen LogP contribution in [0.4, 0.5) is 14.7 Å². The summed E-state index contributed by atoms with van der Waals surface area (Å²) >= 11 is 0. The van der Waals surface area contributed by atoms with Crippen molar-refractivity contribution in [3.63, 3.8) is 0 Å². The van der Waals surface area contributed by atoms with Crippen LogP contribution in [-0.4, -0.2) is 47.2 Å². The van der Waals surface area contributed by atoms with Crippen molar-refractivity contribution >= 4 is 18.4 Å². The Morgan fingerprint density at radius 1 is 1.14 bits per heavy atom. The molecule has 5 rings (SSSR count). The highest BCUT2D eigenvalue weighted by atomic mass is 35.5. The minimum Gasteiger partial charge on any atom is -0.378 e. The van der Waals surface area contributed by atoms with Gasteiger partial charge in [-0.25, -0.2) is 18.7 Å². The largest absolute Gasteiger partial charge is 0.378 e. The van der Waals surface area contributed by atoms with E-state index in [1.807, 2.05) is 6.20 Å². The molecule has 4 heterocycles. The van der Waals surface area contributed by atoms with Crippen LogP contribution >= 0.6 is 12.4 Å². The molecule has 0 radical (unpaired) electrons. The first-order valence-corrected chi connectivity index (χ1v) is 9.58. The van der Waals surface area contributed by atoms with Crippen LogP contribution in [0, 0.1) is 11.6 Å². The lowest BCUT2D eigenvalue weighted by Gasteiger charge is -2.36. The molecule has 0 aliphatic carbocycles. The zero-order chi connectivity index (χ0) is 18.4. The highest BCUT2D eigenvalue weighted by molar-refractivity contribution is 5.85. The predicted molar refractivity (Wildman–Crippen MR) is 104 cm³/mol. The van der Waals surface area contributed by atoms with Gasteiger partial charge in [0.05, 0.1) is 18.9 Å². The van der Waals surface area contributed by atoms with E-state index in [0.29, 0.717) is 31.4 Å². The summed E-state index contributed by atoms with van der Waals surface area (Å²) in [7, 11) is 0. The summed E-state index contributed by atoms with van der Waals surface area (Å²) in [5, 5.41) is 0. The Balaban J connectivity index is 0.00000192. The number of rotatable bonds is 3. The second-order valence-electron chi connectivity index (χ2n) is 7.51. The zero-order valence-electron chi connectivity index (χ0n) is 15.5. The number of aromatic nitrogens is 2. The van der Waals surface area contributed by atoms with Gasteiger partial charge < -0.3 is 9.64 Å². The molecule has 3 aliphatic heterocycles. The van der Waals surface area contributed by atoms with Gasteiger partial charge >= 0.3 is 0 Å². The van der Waals surface area contributed by atoms with Crippen molar-refractivity contribution in [2.45, 2.75) is 37.9 Å². The van der Waals surface area contributed by atoms with Crippen molar-refractivity contribution < 1.29 is 13.5 Å². The highest BCUT2D eigenvalue weighted by Gasteiger charge is 2.41. The molecule has 1 aromatic carbocycles. The summed E-state index contributed by atoms with van der Waals surface area (Å²) in [6.07, 6.45) is 4.83. The lowest BCUT2D eigenvalue weighted by Crippen LogP contribution is -2.40. The average Bonchev–Trinajstić information content (AvgIpc) is 2.97. The third-order valence-corrected chi connectivity index (χ3v) is 6.00. The minimum atomic E-state index is -0.782. The average molecular weight is 409 g/mol. The normalized spacial score (nSPS) is 24.0. The fourth-order valence-corrected chi connectivity index (χ4v) is 4.59. The first-order valence-electron chi connectivity index (χ1n) is 9.58. The summed E-state index contributed by atoms with van der Waals surface area (Å²) in [6.45, 7) is 3.47. The van der Waals surface area contributed by atoms with Crippen LogP contribution in [0.15, 0.2) is 24.4 Å². The molecule has 0 saturated carbocycles. The summed E-state index contributed by atoms with van der Waals surface area (Å²) in [6, 6.07) is 4.91. The molecule has 2 aromatic rings. The van der Waals surface area contributed by atoms with Gasteiger partial charge in [0.2, 0.25) is 5.95 Å². The number of nitrogens with zero attached hydrogens (tertiary/aromatic N) is 4. The molecule has 2 unspecified atom stereocenters. The van der Waals surface area contributed by atoms with Crippen molar-refractivity contribution in [2.24, 2.45) is 0 Å². The lowest BCUT2D eigenvalue weighted by molar-refractivity contribution is 0.122. The monoisotopic (exact) mass is 408 g/mol. The molecule has 2 saturated heterocycles. The molecule has 8 heteroatoms. The Hall–Kier alpha value is -1.83. The van der Waals surface area contributed by atoms with E-state index in [-0.39, 0.29) is 18.4 Å². The topological polar surface area (TPSA) is 41.5 Å². The van der Waals surface area contributed by atoms with Gasteiger partial charge in [0.1, 0.15) is 0 Å². The van der Waals surface area contributed by atoms with Crippen molar-refractivity contribution in [1.29, 1.82) is 0 Å². The van der Waals surface area contributed by atoms with E-state index in [0.717, 1.165) is 49.6 Å². The number of hydrogen-bond donors (Lipinski definition) is 0. The third kappa shape index (κ3) is 3.36. The van der Waals surface area contributed by atoms with Gasteiger partial charge in [0.15, 0.2) is 11.6 Å². The number of ether oxygens (including phenoxy) is 1. The third-order valence-electron chi connectivity index (χ3n) is 6.00. The maximum Gasteiger partial charge on any atom is 0.225 e. The molecule has 28 heavy (non-hydrogen) atoms. The van der Waals surface area contributed by atoms with E-state index in [4.69, 9.17) is 9.72 Å². The zero-order valence-corrected chi connectivity index (χ0v) is 16.3. The number of fused-ring (bicyclic) bond motifs is 4. The second kappa shape index (κ2) is 7.89. The Morgan fingerprint density at radius 2 is 1.96 bits per heavy atom. The number of hydrogen-bond acceptors (Lipinski definition) is 5. The number of benzene rings is 1. The fraction of sp³-hybridized carbons (Fsp3) is 0.500. The van der Waals surface area contributed by atoms with E-state index < -0.39 is 11.6 Å². The Kier molecular flexibility index (Phi) is 5.49. The fourth-order valence-electron chi connectivity index (χ4n) is 4.59. The molecule has 150 valence electrons. The summed E-state index contributed by atoms with van der Waals surface area (Å²) in [5.74, 6) is -0.738. The highest BCUT2D eigenvalue weighted by Crippen LogP contribution is 2.44. The first kappa shape index (κ1) is 19.5. The quantitative estimate of drug-likeness (QED) is 0.779. The van der Waals surface area contributed by atoms with Crippen molar-refractivity contribution in [3.05, 3.63) is 52.9 Å². The first-order chi connectivity index (χ1) is 13.2. The van der Waals surface area contributed by atoms with E-state index in [1.54, 1.807) is 12.1 Å². The summed E-state index contributed by atoms with van der Waals surface area (Å²) in [5.41, 5.74) is 2.66. The molecule has 1 aromatic heterocycles. The molecular weight excluding hydrogens is 386 g/mol. The smallest absolute Gasteiger partial charge is 0.225 e. The molecule has 3 aliphatic rings. The van der Waals surface area contributed by atoms with Crippen molar-refractivity contribution in [2.75, 3.05) is 31.2 Å². The van der Waals surface area contributed by atoms with Crippen LogP contribution in [0.5, 0.6) is 0 Å². The van der Waals surface area contributed by atoms with Gasteiger partial charge in [-0.2, -0.15) is 0 Å². The number of halogens is 3.